The lowest BCUT2D eigenvalue weighted by atomic mass is 10.1. The van der Waals surface area contributed by atoms with Gasteiger partial charge in [0.1, 0.15) is 6.33 Å². The molecule has 94 valence electrons. The van der Waals surface area contributed by atoms with Crippen molar-refractivity contribution in [3.8, 4) is 11.4 Å². The van der Waals surface area contributed by atoms with Crippen LogP contribution in [0.5, 0.6) is 0 Å². The number of carbonyl (C=O) groups is 1. The van der Waals surface area contributed by atoms with Gasteiger partial charge in [-0.2, -0.15) is 5.10 Å². The summed E-state index contributed by atoms with van der Waals surface area (Å²) in [7, 11) is 0. The van der Waals surface area contributed by atoms with Gasteiger partial charge >= 0.3 is 0 Å². The summed E-state index contributed by atoms with van der Waals surface area (Å²) in [5.41, 5.74) is 6.40. The Bertz CT molecular complexity index is 525. The van der Waals surface area contributed by atoms with Crippen LogP contribution in [0.2, 0.25) is 0 Å². The first-order valence-electron chi connectivity index (χ1n) is 5.53. The van der Waals surface area contributed by atoms with Gasteiger partial charge in [0.2, 0.25) is 5.91 Å². The van der Waals surface area contributed by atoms with Gasteiger partial charge in [0.25, 0.3) is 0 Å². The number of H-pyrrole nitrogens is 1. The Balaban J connectivity index is 2.12. The van der Waals surface area contributed by atoms with Crippen molar-refractivity contribution in [2.75, 3.05) is 5.32 Å². The summed E-state index contributed by atoms with van der Waals surface area (Å²) in [6, 6.07) is 7.28. The summed E-state index contributed by atoms with van der Waals surface area (Å²) in [5.74, 6) is 0.460. The molecule has 0 unspecified atom stereocenters. The SMILES string of the molecule is CC(C)(N)C(=O)Nc1ccc(-c2ncn[nH]2)cc1. The molecule has 0 spiro atoms. The van der Waals surface area contributed by atoms with Crippen LogP contribution in [-0.2, 0) is 4.79 Å². The van der Waals surface area contributed by atoms with E-state index in [1.807, 2.05) is 12.1 Å². The molecule has 0 atom stereocenters. The number of nitrogens with one attached hydrogen (secondary N) is 2. The lowest BCUT2D eigenvalue weighted by Gasteiger charge is -2.17. The van der Waals surface area contributed by atoms with Crippen LogP contribution in [0.4, 0.5) is 5.69 Å². The van der Waals surface area contributed by atoms with E-state index in [4.69, 9.17) is 5.73 Å². The van der Waals surface area contributed by atoms with Crippen LogP contribution >= 0.6 is 0 Å². The average molecular weight is 245 g/mol. The highest BCUT2D eigenvalue weighted by atomic mass is 16.2. The molecule has 0 saturated heterocycles. The van der Waals surface area contributed by atoms with Crippen molar-refractivity contribution >= 4 is 11.6 Å². The second kappa shape index (κ2) is 4.58. The van der Waals surface area contributed by atoms with Crippen molar-refractivity contribution in [1.29, 1.82) is 0 Å². The predicted molar refractivity (Wildman–Crippen MR) is 68.7 cm³/mol. The molecule has 0 bridgehead atoms. The molecule has 1 aromatic heterocycles. The quantitative estimate of drug-likeness (QED) is 0.755. The lowest BCUT2D eigenvalue weighted by Crippen LogP contribution is -2.45. The number of hydrogen-bond donors (Lipinski definition) is 3. The summed E-state index contributed by atoms with van der Waals surface area (Å²) in [6.07, 6.45) is 1.45. The molecule has 0 aliphatic rings. The largest absolute Gasteiger partial charge is 0.325 e. The molecule has 0 aliphatic heterocycles. The zero-order chi connectivity index (χ0) is 13.2. The molecular formula is C12H15N5O. The van der Waals surface area contributed by atoms with Crippen LogP contribution in [0, 0.1) is 0 Å². The highest BCUT2D eigenvalue weighted by Crippen LogP contribution is 2.17. The highest BCUT2D eigenvalue weighted by molar-refractivity contribution is 5.97. The second-order valence-corrected chi connectivity index (χ2v) is 4.59. The van der Waals surface area contributed by atoms with E-state index < -0.39 is 5.54 Å². The molecule has 6 heteroatoms. The van der Waals surface area contributed by atoms with E-state index in [-0.39, 0.29) is 5.91 Å². The van der Waals surface area contributed by atoms with Crippen LogP contribution in [0.3, 0.4) is 0 Å². The summed E-state index contributed by atoms with van der Waals surface area (Å²) in [6.45, 7) is 3.32. The molecule has 1 heterocycles. The van der Waals surface area contributed by atoms with Crippen molar-refractivity contribution < 1.29 is 4.79 Å². The Labute approximate surface area is 105 Å². The molecule has 18 heavy (non-hydrogen) atoms. The van der Waals surface area contributed by atoms with Gasteiger partial charge in [-0.15, -0.1) is 0 Å². The Morgan fingerprint density at radius 2 is 2.00 bits per heavy atom. The Morgan fingerprint density at radius 1 is 1.33 bits per heavy atom. The first kappa shape index (κ1) is 12.3. The normalized spacial score (nSPS) is 11.3. The third-order valence-corrected chi connectivity index (χ3v) is 2.42. The molecule has 2 aromatic rings. The van der Waals surface area contributed by atoms with Gasteiger partial charge in [-0.3, -0.25) is 9.89 Å². The van der Waals surface area contributed by atoms with Crippen LogP contribution in [0.15, 0.2) is 30.6 Å². The van der Waals surface area contributed by atoms with Gasteiger partial charge in [0, 0.05) is 11.3 Å². The minimum absolute atomic E-state index is 0.227. The predicted octanol–water partition coefficient (Wildman–Crippen LogP) is 1.15. The number of rotatable bonds is 3. The fourth-order valence-corrected chi connectivity index (χ4v) is 1.35. The Kier molecular flexibility index (Phi) is 3.12. The number of aromatic amines is 1. The lowest BCUT2D eigenvalue weighted by molar-refractivity contribution is -0.120. The maximum atomic E-state index is 11.7. The number of hydrogen-bond acceptors (Lipinski definition) is 4. The van der Waals surface area contributed by atoms with Crippen molar-refractivity contribution in [2.45, 2.75) is 19.4 Å². The van der Waals surface area contributed by atoms with Crippen molar-refractivity contribution in [1.82, 2.24) is 15.2 Å². The minimum atomic E-state index is -0.899. The fraction of sp³-hybridized carbons (Fsp3) is 0.250. The molecule has 0 aliphatic carbocycles. The van der Waals surface area contributed by atoms with E-state index in [2.05, 4.69) is 20.5 Å². The molecule has 0 saturated carbocycles. The van der Waals surface area contributed by atoms with Gasteiger partial charge in [0.05, 0.1) is 5.54 Å². The van der Waals surface area contributed by atoms with Crippen molar-refractivity contribution in [3.63, 3.8) is 0 Å². The molecule has 2 rings (SSSR count). The zero-order valence-electron chi connectivity index (χ0n) is 10.3. The highest BCUT2D eigenvalue weighted by Gasteiger charge is 2.21. The molecule has 1 amide bonds. The minimum Gasteiger partial charge on any atom is -0.325 e. The van der Waals surface area contributed by atoms with Crippen LogP contribution in [-0.4, -0.2) is 26.6 Å². The molecule has 0 fully saturated rings. The van der Waals surface area contributed by atoms with Crippen LogP contribution < -0.4 is 11.1 Å². The van der Waals surface area contributed by atoms with Crippen LogP contribution in [0.1, 0.15) is 13.8 Å². The summed E-state index contributed by atoms with van der Waals surface area (Å²) in [4.78, 5) is 15.7. The van der Waals surface area contributed by atoms with E-state index >= 15 is 0 Å². The standard InChI is InChI=1S/C12H15N5O/c1-12(2,13)11(18)16-9-5-3-8(4-6-9)10-14-7-15-17-10/h3-7H,13H2,1-2H3,(H,16,18)(H,14,15,17). The van der Waals surface area contributed by atoms with Gasteiger partial charge in [-0.25, -0.2) is 4.98 Å². The van der Waals surface area contributed by atoms with E-state index in [1.54, 1.807) is 26.0 Å². The summed E-state index contributed by atoms with van der Waals surface area (Å²) in [5, 5.41) is 9.29. The summed E-state index contributed by atoms with van der Waals surface area (Å²) < 4.78 is 0. The number of carbonyl (C=O) groups excluding carboxylic acids is 1. The maximum absolute atomic E-state index is 11.7. The number of amides is 1. The van der Waals surface area contributed by atoms with E-state index in [9.17, 15) is 4.79 Å². The van der Waals surface area contributed by atoms with Crippen molar-refractivity contribution in [2.24, 2.45) is 5.73 Å². The van der Waals surface area contributed by atoms with Crippen LogP contribution in [0.25, 0.3) is 11.4 Å². The smallest absolute Gasteiger partial charge is 0.243 e. The number of anilines is 1. The monoisotopic (exact) mass is 245 g/mol. The average Bonchev–Trinajstić information content (AvgIpc) is 2.82. The molecule has 4 N–H and O–H groups in total. The summed E-state index contributed by atoms with van der Waals surface area (Å²) >= 11 is 0. The van der Waals surface area contributed by atoms with Gasteiger partial charge in [0.15, 0.2) is 5.82 Å². The second-order valence-electron chi connectivity index (χ2n) is 4.59. The van der Waals surface area contributed by atoms with E-state index in [0.717, 1.165) is 5.56 Å². The first-order chi connectivity index (χ1) is 8.47. The molecule has 6 nitrogen and oxygen atoms in total. The first-order valence-corrected chi connectivity index (χ1v) is 5.53. The molecular weight excluding hydrogens is 230 g/mol. The number of nitrogens with zero attached hydrogens (tertiary/aromatic N) is 2. The Hall–Kier alpha value is -2.21. The third kappa shape index (κ3) is 2.72. The third-order valence-electron chi connectivity index (χ3n) is 2.42. The zero-order valence-corrected chi connectivity index (χ0v) is 10.3. The fourth-order valence-electron chi connectivity index (χ4n) is 1.35. The number of aromatic nitrogens is 3. The molecule has 0 radical (unpaired) electrons. The topological polar surface area (TPSA) is 96.7 Å². The number of benzene rings is 1. The Morgan fingerprint density at radius 3 is 2.50 bits per heavy atom. The number of nitrogens with two attached hydrogens (primary N) is 1. The van der Waals surface area contributed by atoms with Gasteiger partial charge in [-0.1, -0.05) is 0 Å². The van der Waals surface area contributed by atoms with E-state index in [1.165, 1.54) is 6.33 Å². The molecule has 1 aromatic carbocycles. The van der Waals surface area contributed by atoms with E-state index in [0.29, 0.717) is 11.5 Å². The van der Waals surface area contributed by atoms with Crippen molar-refractivity contribution in [3.05, 3.63) is 30.6 Å². The maximum Gasteiger partial charge on any atom is 0.243 e. The van der Waals surface area contributed by atoms with Gasteiger partial charge in [-0.05, 0) is 38.1 Å². The van der Waals surface area contributed by atoms with Gasteiger partial charge < -0.3 is 11.1 Å².